The molecule has 1 fully saturated rings. The van der Waals surface area contributed by atoms with Gasteiger partial charge in [0.25, 0.3) is 0 Å². The van der Waals surface area contributed by atoms with E-state index in [9.17, 15) is 4.79 Å². The first-order valence-electron chi connectivity index (χ1n) is 14.1. The molecule has 212 valence electrons. The first-order valence-corrected chi connectivity index (χ1v) is 14.1. The van der Waals surface area contributed by atoms with Crippen LogP contribution in [0.25, 0.3) is 11.1 Å². The van der Waals surface area contributed by atoms with E-state index in [1.165, 1.54) is 6.07 Å². The van der Waals surface area contributed by atoms with E-state index >= 15 is 4.39 Å². The molecule has 5 rings (SSSR count). The molecule has 0 unspecified atom stereocenters. The fourth-order valence-corrected chi connectivity index (χ4v) is 5.06. The van der Waals surface area contributed by atoms with Crippen LogP contribution in [0.5, 0.6) is 11.8 Å². The quantitative estimate of drug-likeness (QED) is 0.183. The summed E-state index contributed by atoms with van der Waals surface area (Å²) >= 11 is 0. The predicted molar refractivity (Wildman–Crippen MR) is 157 cm³/mol. The molecule has 0 radical (unpaired) electrons. The normalized spacial score (nSPS) is 13.6. The zero-order chi connectivity index (χ0) is 28.4. The van der Waals surface area contributed by atoms with Crippen molar-refractivity contribution in [1.29, 1.82) is 0 Å². The second-order valence-electron chi connectivity index (χ2n) is 10.2. The van der Waals surface area contributed by atoms with Gasteiger partial charge in [-0.25, -0.2) is 4.39 Å². The molecule has 0 N–H and O–H groups in total. The molecule has 2 heterocycles. The maximum atomic E-state index is 15.5. The molecule has 0 amide bonds. The molecule has 0 spiro atoms. The number of esters is 1. The van der Waals surface area contributed by atoms with Crippen molar-refractivity contribution in [3.8, 4) is 22.9 Å². The van der Waals surface area contributed by atoms with Crippen LogP contribution in [-0.2, 0) is 22.7 Å². The minimum Gasteiger partial charge on any atom is -0.473 e. The van der Waals surface area contributed by atoms with Crippen LogP contribution in [0.4, 0.5) is 10.1 Å². The van der Waals surface area contributed by atoms with Gasteiger partial charge in [0.05, 0.1) is 12.3 Å². The van der Waals surface area contributed by atoms with E-state index in [-0.39, 0.29) is 17.7 Å². The third-order valence-electron chi connectivity index (χ3n) is 7.26. The number of hydrogen-bond donors (Lipinski definition) is 0. The number of aromatic nitrogens is 1. The first-order chi connectivity index (χ1) is 20.1. The highest BCUT2D eigenvalue weighted by atomic mass is 19.1. The smallest absolute Gasteiger partial charge is 0.306 e. The number of carbonyl (C=O) groups excluding carboxylic acids is 1. The molecular formula is C34H35FN2O4. The molecule has 1 aliphatic heterocycles. The molecule has 0 saturated carbocycles. The molecular weight excluding hydrogens is 519 g/mol. The van der Waals surface area contributed by atoms with E-state index in [2.05, 4.69) is 4.98 Å². The number of ether oxygens (including phenoxy) is 3. The zero-order valence-corrected chi connectivity index (χ0v) is 23.3. The van der Waals surface area contributed by atoms with E-state index in [4.69, 9.17) is 14.2 Å². The van der Waals surface area contributed by atoms with Crippen molar-refractivity contribution in [2.75, 3.05) is 24.6 Å². The van der Waals surface area contributed by atoms with Crippen molar-refractivity contribution in [2.45, 2.75) is 39.4 Å². The summed E-state index contributed by atoms with van der Waals surface area (Å²) in [6, 6.07) is 28.6. The number of halogens is 1. The van der Waals surface area contributed by atoms with Crippen LogP contribution in [0.2, 0.25) is 0 Å². The summed E-state index contributed by atoms with van der Waals surface area (Å²) in [6.07, 6.45) is 2.07. The molecule has 0 bridgehead atoms. The fraction of sp³-hybridized carbons (Fsp3) is 0.294. The molecule has 0 atom stereocenters. The van der Waals surface area contributed by atoms with Gasteiger partial charge in [0.1, 0.15) is 19.0 Å². The zero-order valence-electron chi connectivity index (χ0n) is 23.3. The summed E-state index contributed by atoms with van der Waals surface area (Å²) in [7, 11) is 0. The summed E-state index contributed by atoms with van der Waals surface area (Å²) in [5.74, 6) is 0.627. The Morgan fingerprint density at radius 2 is 1.54 bits per heavy atom. The van der Waals surface area contributed by atoms with Gasteiger partial charge in [0, 0.05) is 31.1 Å². The third-order valence-corrected chi connectivity index (χ3v) is 7.26. The lowest BCUT2D eigenvalue weighted by atomic mass is 9.93. The fourth-order valence-electron chi connectivity index (χ4n) is 5.06. The van der Waals surface area contributed by atoms with Crippen molar-refractivity contribution in [1.82, 2.24) is 4.98 Å². The number of carbonyl (C=O) groups is 1. The Morgan fingerprint density at radius 3 is 2.17 bits per heavy atom. The Hall–Kier alpha value is -4.39. The van der Waals surface area contributed by atoms with Gasteiger partial charge in [-0.3, -0.25) is 4.79 Å². The van der Waals surface area contributed by atoms with Crippen molar-refractivity contribution in [2.24, 2.45) is 5.92 Å². The summed E-state index contributed by atoms with van der Waals surface area (Å²) in [5.41, 5.74) is 3.96. The van der Waals surface area contributed by atoms with Crippen molar-refractivity contribution in [3.05, 3.63) is 108 Å². The van der Waals surface area contributed by atoms with E-state index in [1.54, 1.807) is 6.07 Å². The number of benzene rings is 3. The van der Waals surface area contributed by atoms with Gasteiger partial charge in [-0.1, -0.05) is 66.7 Å². The van der Waals surface area contributed by atoms with Gasteiger partial charge in [-0.2, -0.15) is 4.98 Å². The van der Waals surface area contributed by atoms with Gasteiger partial charge in [0.2, 0.25) is 11.8 Å². The van der Waals surface area contributed by atoms with Gasteiger partial charge in [-0.05, 0) is 60.6 Å². The molecule has 4 aromatic rings. The minimum absolute atomic E-state index is 0.156. The molecule has 1 saturated heterocycles. The summed E-state index contributed by atoms with van der Waals surface area (Å²) < 4.78 is 32.7. The third kappa shape index (κ3) is 7.63. The Labute approximate surface area is 240 Å². The lowest BCUT2D eigenvalue weighted by molar-refractivity contribution is -0.144. The highest BCUT2D eigenvalue weighted by molar-refractivity contribution is 5.72. The van der Waals surface area contributed by atoms with Crippen LogP contribution in [-0.4, -0.2) is 30.6 Å². The lowest BCUT2D eigenvalue weighted by Crippen LogP contribution is -2.35. The molecule has 0 aliphatic carbocycles. The number of piperidine rings is 1. The average molecular weight is 555 g/mol. The van der Waals surface area contributed by atoms with E-state index in [0.29, 0.717) is 67.9 Å². The predicted octanol–water partition coefficient (Wildman–Crippen LogP) is 7.22. The number of hydrogen-bond acceptors (Lipinski definition) is 6. The summed E-state index contributed by atoms with van der Waals surface area (Å²) in [6.45, 7) is 4.31. The number of rotatable bonds is 11. The van der Waals surface area contributed by atoms with Gasteiger partial charge in [-0.15, -0.1) is 0 Å². The summed E-state index contributed by atoms with van der Waals surface area (Å²) in [5, 5.41) is 0. The number of anilines is 1. The van der Waals surface area contributed by atoms with Crippen molar-refractivity contribution >= 4 is 11.7 Å². The summed E-state index contributed by atoms with van der Waals surface area (Å²) in [4.78, 5) is 18.5. The second-order valence-corrected chi connectivity index (χ2v) is 10.2. The number of nitrogens with zero attached hydrogens (tertiary/aromatic N) is 2. The minimum atomic E-state index is -0.301. The van der Waals surface area contributed by atoms with Crippen LogP contribution in [0.15, 0.2) is 91.0 Å². The van der Waals surface area contributed by atoms with Gasteiger partial charge >= 0.3 is 5.97 Å². The Bertz CT molecular complexity index is 1420. The van der Waals surface area contributed by atoms with Crippen molar-refractivity contribution in [3.63, 3.8) is 0 Å². The van der Waals surface area contributed by atoms with Crippen LogP contribution in [0, 0.1) is 11.7 Å². The van der Waals surface area contributed by atoms with E-state index in [1.807, 2.05) is 90.7 Å². The standard InChI is InChI=1S/C34H35FN2O4/c1-2-39-33(38)21-25-17-19-37(20-18-25)31-15-13-28(22-30(31)35)29-14-16-32(40-23-26-9-5-3-6-10-26)36-34(29)41-24-27-11-7-4-8-12-27/h3-16,22,25H,2,17-21,23-24H2,1H3. The van der Waals surface area contributed by atoms with E-state index < -0.39 is 0 Å². The maximum Gasteiger partial charge on any atom is 0.306 e. The van der Waals surface area contributed by atoms with Crippen LogP contribution in [0.3, 0.4) is 0 Å². The topological polar surface area (TPSA) is 60.9 Å². The Balaban J connectivity index is 1.32. The largest absolute Gasteiger partial charge is 0.473 e. The Kier molecular flexibility index (Phi) is 9.47. The monoisotopic (exact) mass is 554 g/mol. The molecule has 1 aliphatic rings. The Morgan fingerprint density at radius 1 is 0.878 bits per heavy atom. The average Bonchev–Trinajstić information content (AvgIpc) is 3.01. The van der Waals surface area contributed by atoms with E-state index in [0.717, 1.165) is 24.0 Å². The first kappa shape index (κ1) is 28.1. The highest BCUT2D eigenvalue weighted by Crippen LogP contribution is 2.35. The molecule has 3 aromatic carbocycles. The lowest BCUT2D eigenvalue weighted by Gasteiger charge is -2.33. The van der Waals surface area contributed by atoms with Crippen LogP contribution >= 0.6 is 0 Å². The van der Waals surface area contributed by atoms with Gasteiger partial charge in [0.15, 0.2) is 0 Å². The second kappa shape index (κ2) is 13.8. The molecule has 41 heavy (non-hydrogen) atoms. The molecule has 6 nitrogen and oxygen atoms in total. The maximum absolute atomic E-state index is 15.5. The molecule has 1 aromatic heterocycles. The van der Waals surface area contributed by atoms with Crippen molar-refractivity contribution < 1.29 is 23.4 Å². The van der Waals surface area contributed by atoms with Gasteiger partial charge < -0.3 is 19.1 Å². The number of pyridine rings is 1. The highest BCUT2D eigenvalue weighted by Gasteiger charge is 2.24. The molecule has 7 heteroatoms. The van der Waals surface area contributed by atoms with Crippen LogP contribution < -0.4 is 14.4 Å². The van der Waals surface area contributed by atoms with Crippen LogP contribution in [0.1, 0.15) is 37.3 Å². The SMILES string of the molecule is CCOC(=O)CC1CCN(c2ccc(-c3ccc(OCc4ccccc4)nc3OCc3ccccc3)cc2F)CC1.